The number of nitrogens with zero attached hydrogens (tertiary/aromatic N) is 1. The maximum Gasteiger partial charge on any atom is 0.328 e. The second kappa shape index (κ2) is 8.90. The van der Waals surface area contributed by atoms with Gasteiger partial charge in [0.15, 0.2) is 0 Å². The third-order valence-electron chi connectivity index (χ3n) is 5.24. The van der Waals surface area contributed by atoms with Crippen LogP contribution in [0.5, 0.6) is 0 Å². The molecule has 3 rings (SSSR count). The van der Waals surface area contributed by atoms with Crippen LogP contribution in [0, 0.1) is 11.7 Å². The molecular formula is C20H24ClFN2O4. The fraction of sp³-hybridized carbons (Fsp3) is 0.550. The summed E-state index contributed by atoms with van der Waals surface area (Å²) in [6, 6.07) is 3.19. The van der Waals surface area contributed by atoms with Crippen LogP contribution in [0.1, 0.15) is 44.1 Å². The molecule has 2 atom stereocenters. The van der Waals surface area contributed by atoms with Crippen molar-refractivity contribution >= 4 is 29.4 Å². The zero-order valence-electron chi connectivity index (χ0n) is 15.7. The molecule has 1 heterocycles. The third kappa shape index (κ3) is 5.44. The number of benzene rings is 1. The summed E-state index contributed by atoms with van der Waals surface area (Å²) < 4.78 is 18.4. The first-order chi connectivity index (χ1) is 13.4. The van der Waals surface area contributed by atoms with E-state index in [0.717, 1.165) is 12.8 Å². The molecule has 152 valence electrons. The van der Waals surface area contributed by atoms with Crippen molar-refractivity contribution in [1.82, 2.24) is 10.2 Å². The molecule has 2 fully saturated rings. The van der Waals surface area contributed by atoms with E-state index < -0.39 is 17.8 Å². The van der Waals surface area contributed by atoms with Crippen molar-refractivity contribution in [3.05, 3.63) is 34.6 Å². The standard InChI is InChI=1S/C20H24ClFN2O4/c1-28-20(27)17(8-12-2-3-12)23-18(25)10-16-4-5-19(26)24(16)11-13-6-14(21)9-15(22)7-13/h6-7,9,12,16-17H,2-5,8,10-11H2,1H3,(H,23,25)/t16-,17-/m0/s1. The van der Waals surface area contributed by atoms with Gasteiger partial charge in [-0.1, -0.05) is 24.4 Å². The van der Waals surface area contributed by atoms with Crippen LogP contribution in [0.25, 0.3) is 0 Å². The van der Waals surface area contributed by atoms with Crippen LogP contribution in [0.2, 0.25) is 5.02 Å². The lowest BCUT2D eigenvalue weighted by atomic mass is 10.1. The summed E-state index contributed by atoms with van der Waals surface area (Å²) in [5, 5.41) is 3.01. The number of likely N-dealkylation sites (tertiary alicyclic amines) is 1. The number of carbonyl (C=O) groups excluding carboxylic acids is 3. The van der Waals surface area contributed by atoms with Gasteiger partial charge in [0.05, 0.1) is 7.11 Å². The smallest absolute Gasteiger partial charge is 0.328 e. The molecule has 1 saturated carbocycles. The Bertz CT molecular complexity index is 748. The highest BCUT2D eigenvalue weighted by molar-refractivity contribution is 6.30. The molecule has 1 aliphatic heterocycles. The zero-order chi connectivity index (χ0) is 20.3. The Labute approximate surface area is 168 Å². The van der Waals surface area contributed by atoms with Crippen molar-refractivity contribution in [2.45, 2.75) is 57.2 Å². The molecule has 6 nitrogen and oxygen atoms in total. The lowest BCUT2D eigenvalue weighted by Gasteiger charge is -2.25. The topological polar surface area (TPSA) is 75.7 Å². The van der Waals surface area contributed by atoms with Crippen LogP contribution in [-0.4, -0.2) is 41.9 Å². The Kier molecular flexibility index (Phi) is 6.54. The summed E-state index contributed by atoms with van der Waals surface area (Å²) in [6.07, 6.45) is 3.67. The minimum absolute atomic E-state index is 0.0827. The minimum atomic E-state index is -0.655. The van der Waals surface area contributed by atoms with Gasteiger partial charge < -0.3 is 15.0 Å². The molecule has 0 unspecified atom stereocenters. The number of ether oxygens (including phenoxy) is 1. The van der Waals surface area contributed by atoms with E-state index in [2.05, 4.69) is 5.32 Å². The number of nitrogens with one attached hydrogen (secondary N) is 1. The van der Waals surface area contributed by atoms with E-state index in [0.29, 0.717) is 30.7 Å². The Morgan fingerprint density at radius 2 is 2.07 bits per heavy atom. The molecule has 1 saturated heterocycles. The van der Waals surface area contributed by atoms with Gasteiger partial charge in [0.2, 0.25) is 11.8 Å². The summed E-state index contributed by atoms with van der Waals surface area (Å²) >= 11 is 5.89. The van der Waals surface area contributed by atoms with E-state index in [4.69, 9.17) is 16.3 Å². The van der Waals surface area contributed by atoms with Crippen molar-refractivity contribution < 1.29 is 23.5 Å². The Balaban J connectivity index is 1.61. The molecule has 0 spiro atoms. The number of hydrogen-bond donors (Lipinski definition) is 1. The number of amides is 2. The van der Waals surface area contributed by atoms with Crippen molar-refractivity contribution in [3.8, 4) is 0 Å². The quantitative estimate of drug-likeness (QED) is 0.669. The van der Waals surface area contributed by atoms with Crippen LogP contribution in [0.15, 0.2) is 18.2 Å². The molecule has 28 heavy (non-hydrogen) atoms. The van der Waals surface area contributed by atoms with E-state index in [9.17, 15) is 18.8 Å². The van der Waals surface area contributed by atoms with Gasteiger partial charge in [-0.15, -0.1) is 0 Å². The van der Waals surface area contributed by atoms with Gasteiger partial charge >= 0.3 is 5.97 Å². The number of halogens is 2. The van der Waals surface area contributed by atoms with Crippen LogP contribution >= 0.6 is 11.6 Å². The highest BCUT2D eigenvalue weighted by atomic mass is 35.5. The number of rotatable bonds is 8. The van der Waals surface area contributed by atoms with Gasteiger partial charge in [0, 0.05) is 30.5 Å². The Hall–Kier alpha value is -2.15. The summed E-state index contributed by atoms with van der Waals surface area (Å²) in [6.45, 7) is 0.191. The van der Waals surface area contributed by atoms with Crippen LogP contribution in [0.3, 0.4) is 0 Å². The molecular weight excluding hydrogens is 387 g/mol. The first-order valence-electron chi connectivity index (χ1n) is 9.47. The first-order valence-corrected chi connectivity index (χ1v) is 9.85. The Morgan fingerprint density at radius 1 is 1.32 bits per heavy atom. The number of esters is 1. The summed E-state index contributed by atoms with van der Waals surface area (Å²) in [5.41, 5.74) is 0.576. The second-order valence-corrected chi connectivity index (χ2v) is 7.95. The fourth-order valence-electron chi connectivity index (χ4n) is 3.63. The van der Waals surface area contributed by atoms with Gasteiger partial charge in [0.1, 0.15) is 11.9 Å². The molecule has 1 aliphatic carbocycles. The molecule has 2 amide bonds. The SMILES string of the molecule is COC(=O)[C@H](CC1CC1)NC(=O)C[C@@H]1CCC(=O)N1Cc1cc(F)cc(Cl)c1. The maximum absolute atomic E-state index is 13.6. The third-order valence-corrected chi connectivity index (χ3v) is 5.45. The molecule has 1 aromatic carbocycles. The summed E-state index contributed by atoms with van der Waals surface area (Å²) in [7, 11) is 1.30. The summed E-state index contributed by atoms with van der Waals surface area (Å²) in [5.74, 6) is -0.844. The van der Waals surface area contributed by atoms with E-state index in [-0.39, 0.29) is 35.8 Å². The van der Waals surface area contributed by atoms with Crippen LogP contribution < -0.4 is 5.32 Å². The van der Waals surface area contributed by atoms with Crippen molar-refractivity contribution in [3.63, 3.8) is 0 Å². The molecule has 2 aliphatic rings. The van der Waals surface area contributed by atoms with Gasteiger partial charge in [-0.25, -0.2) is 9.18 Å². The maximum atomic E-state index is 13.6. The molecule has 1 aromatic rings. The number of carbonyl (C=O) groups is 3. The highest BCUT2D eigenvalue weighted by Gasteiger charge is 2.35. The van der Waals surface area contributed by atoms with Gasteiger partial charge in [0.25, 0.3) is 0 Å². The highest BCUT2D eigenvalue weighted by Crippen LogP contribution is 2.34. The molecule has 8 heteroatoms. The van der Waals surface area contributed by atoms with Crippen LogP contribution in [-0.2, 0) is 25.7 Å². The minimum Gasteiger partial charge on any atom is -0.467 e. The fourth-order valence-corrected chi connectivity index (χ4v) is 3.88. The predicted octanol–water partition coefficient (Wildman–Crippen LogP) is 2.82. The monoisotopic (exact) mass is 410 g/mol. The number of methoxy groups -OCH3 is 1. The van der Waals surface area contributed by atoms with E-state index in [1.54, 1.807) is 11.0 Å². The average Bonchev–Trinajstić information content (AvgIpc) is 3.39. The van der Waals surface area contributed by atoms with Gasteiger partial charge in [-0.3, -0.25) is 9.59 Å². The van der Waals surface area contributed by atoms with E-state index >= 15 is 0 Å². The second-order valence-electron chi connectivity index (χ2n) is 7.52. The lowest BCUT2D eigenvalue weighted by molar-refractivity contribution is -0.145. The first kappa shape index (κ1) is 20.6. The average molecular weight is 411 g/mol. The van der Waals surface area contributed by atoms with Crippen molar-refractivity contribution in [2.75, 3.05) is 7.11 Å². The van der Waals surface area contributed by atoms with Crippen LogP contribution in [0.4, 0.5) is 4.39 Å². The molecule has 1 N–H and O–H groups in total. The molecule has 0 bridgehead atoms. The van der Waals surface area contributed by atoms with E-state index in [1.165, 1.54) is 19.2 Å². The van der Waals surface area contributed by atoms with Gasteiger partial charge in [-0.05, 0) is 42.5 Å². The van der Waals surface area contributed by atoms with Crippen molar-refractivity contribution in [1.29, 1.82) is 0 Å². The molecule has 0 radical (unpaired) electrons. The zero-order valence-corrected chi connectivity index (χ0v) is 16.5. The van der Waals surface area contributed by atoms with Gasteiger partial charge in [-0.2, -0.15) is 0 Å². The number of hydrogen-bond acceptors (Lipinski definition) is 4. The van der Waals surface area contributed by atoms with Crippen molar-refractivity contribution in [2.24, 2.45) is 5.92 Å². The lowest BCUT2D eigenvalue weighted by Crippen LogP contribution is -2.44. The normalized spacial score (nSPS) is 20.2. The Morgan fingerprint density at radius 3 is 2.71 bits per heavy atom. The predicted molar refractivity (Wildman–Crippen MR) is 101 cm³/mol. The molecule has 0 aromatic heterocycles. The summed E-state index contributed by atoms with van der Waals surface area (Å²) in [4.78, 5) is 38.3. The van der Waals surface area contributed by atoms with E-state index in [1.807, 2.05) is 0 Å². The largest absolute Gasteiger partial charge is 0.467 e.